The molecule has 0 aliphatic carbocycles. The summed E-state index contributed by atoms with van der Waals surface area (Å²) in [6.45, 7) is 3.93. The Morgan fingerprint density at radius 3 is 2.78 bits per heavy atom. The average molecular weight is 404 g/mol. The van der Waals surface area contributed by atoms with E-state index in [1.54, 1.807) is 31.2 Å². The number of carbonyl (C=O) groups excluding carboxylic acids is 1. The SMILES string of the molecule is Cc1cccc(OCc2nnc(S[C@H](C)C(=O)Nc3ccc(Cl)cc3)o2)c1. The highest BCUT2D eigenvalue weighted by atomic mass is 35.5. The number of carbonyl (C=O) groups is 1. The molecule has 0 saturated carbocycles. The molecule has 3 rings (SSSR count). The lowest BCUT2D eigenvalue weighted by Crippen LogP contribution is -2.22. The van der Waals surface area contributed by atoms with Crippen molar-refractivity contribution < 1.29 is 13.9 Å². The van der Waals surface area contributed by atoms with Crippen LogP contribution in [0.15, 0.2) is 58.2 Å². The van der Waals surface area contributed by atoms with Crippen LogP contribution in [0.5, 0.6) is 5.75 Å². The zero-order valence-electron chi connectivity index (χ0n) is 14.8. The summed E-state index contributed by atoms with van der Waals surface area (Å²) in [5.74, 6) is 0.917. The number of rotatable bonds is 7. The van der Waals surface area contributed by atoms with Crippen LogP contribution in [0.3, 0.4) is 0 Å². The molecule has 8 heteroatoms. The predicted molar refractivity (Wildman–Crippen MR) is 105 cm³/mol. The second kappa shape index (κ2) is 8.92. The van der Waals surface area contributed by atoms with Gasteiger partial charge in [-0.1, -0.05) is 35.5 Å². The third kappa shape index (κ3) is 5.74. The Labute approximate surface area is 166 Å². The summed E-state index contributed by atoms with van der Waals surface area (Å²) >= 11 is 7.02. The summed E-state index contributed by atoms with van der Waals surface area (Å²) in [5, 5.41) is 11.2. The normalized spacial score (nSPS) is 11.8. The molecule has 1 aromatic heterocycles. The molecule has 1 N–H and O–H groups in total. The minimum Gasteiger partial charge on any atom is -0.484 e. The first-order chi connectivity index (χ1) is 13.0. The number of aryl methyl sites for hydroxylation is 1. The second-order valence-electron chi connectivity index (χ2n) is 5.82. The van der Waals surface area contributed by atoms with Crippen LogP contribution in [0.1, 0.15) is 18.4 Å². The number of anilines is 1. The van der Waals surface area contributed by atoms with Crippen molar-refractivity contribution in [2.24, 2.45) is 0 Å². The van der Waals surface area contributed by atoms with Crippen molar-refractivity contribution >= 4 is 35.0 Å². The lowest BCUT2D eigenvalue weighted by Gasteiger charge is -2.09. The smallest absolute Gasteiger partial charge is 0.277 e. The van der Waals surface area contributed by atoms with E-state index in [1.165, 1.54) is 11.8 Å². The molecule has 1 atom stereocenters. The van der Waals surface area contributed by atoms with Crippen LogP contribution in [0.25, 0.3) is 0 Å². The molecular formula is C19H18ClN3O3S. The van der Waals surface area contributed by atoms with Crippen LogP contribution in [0, 0.1) is 6.92 Å². The minimum absolute atomic E-state index is 0.168. The minimum atomic E-state index is -0.410. The van der Waals surface area contributed by atoms with Crippen molar-refractivity contribution in [3.05, 3.63) is 65.0 Å². The Morgan fingerprint density at radius 2 is 2.04 bits per heavy atom. The molecule has 2 aromatic carbocycles. The summed E-state index contributed by atoms with van der Waals surface area (Å²) in [4.78, 5) is 12.3. The highest BCUT2D eigenvalue weighted by Crippen LogP contribution is 2.24. The molecule has 1 heterocycles. The van der Waals surface area contributed by atoms with Gasteiger partial charge in [0.25, 0.3) is 11.1 Å². The van der Waals surface area contributed by atoms with Crippen molar-refractivity contribution in [2.75, 3.05) is 5.32 Å². The van der Waals surface area contributed by atoms with E-state index in [-0.39, 0.29) is 12.5 Å². The van der Waals surface area contributed by atoms with E-state index in [0.29, 0.717) is 21.8 Å². The summed E-state index contributed by atoms with van der Waals surface area (Å²) in [7, 11) is 0. The summed E-state index contributed by atoms with van der Waals surface area (Å²) in [5.41, 5.74) is 1.78. The van der Waals surface area contributed by atoms with E-state index < -0.39 is 5.25 Å². The number of halogens is 1. The van der Waals surface area contributed by atoms with Crippen molar-refractivity contribution in [1.29, 1.82) is 0 Å². The number of aromatic nitrogens is 2. The third-order valence-corrected chi connectivity index (χ3v) is 4.74. The molecule has 6 nitrogen and oxygen atoms in total. The molecule has 3 aromatic rings. The van der Waals surface area contributed by atoms with Gasteiger partial charge in [0, 0.05) is 10.7 Å². The van der Waals surface area contributed by atoms with Gasteiger partial charge in [0.1, 0.15) is 5.75 Å². The van der Waals surface area contributed by atoms with Gasteiger partial charge in [-0.3, -0.25) is 4.79 Å². The number of amides is 1. The van der Waals surface area contributed by atoms with E-state index in [4.69, 9.17) is 20.8 Å². The zero-order valence-corrected chi connectivity index (χ0v) is 16.4. The maximum Gasteiger partial charge on any atom is 0.277 e. The fraction of sp³-hybridized carbons (Fsp3) is 0.211. The first-order valence-corrected chi connectivity index (χ1v) is 9.50. The average Bonchev–Trinajstić information content (AvgIpc) is 3.09. The Morgan fingerprint density at radius 1 is 1.26 bits per heavy atom. The maximum atomic E-state index is 12.3. The quantitative estimate of drug-likeness (QED) is 0.574. The molecule has 0 saturated heterocycles. The molecule has 0 spiro atoms. The van der Waals surface area contributed by atoms with Crippen LogP contribution in [0.2, 0.25) is 5.02 Å². The highest BCUT2D eigenvalue weighted by molar-refractivity contribution is 8.00. The van der Waals surface area contributed by atoms with E-state index in [0.717, 1.165) is 11.3 Å². The van der Waals surface area contributed by atoms with E-state index in [1.807, 2.05) is 31.2 Å². The molecule has 1 amide bonds. The van der Waals surface area contributed by atoms with Gasteiger partial charge in [-0.15, -0.1) is 10.2 Å². The van der Waals surface area contributed by atoms with E-state index >= 15 is 0 Å². The number of nitrogens with zero attached hydrogens (tertiary/aromatic N) is 2. The van der Waals surface area contributed by atoms with Crippen molar-refractivity contribution in [3.63, 3.8) is 0 Å². The van der Waals surface area contributed by atoms with Gasteiger partial charge >= 0.3 is 0 Å². The number of ether oxygens (including phenoxy) is 1. The Hall–Kier alpha value is -2.51. The van der Waals surface area contributed by atoms with E-state index in [9.17, 15) is 4.79 Å². The Kier molecular flexibility index (Phi) is 6.36. The van der Waals surface area contributed by atoms with Gasteiger partial charge < -0.3 is 14.5 Å². The molecule has 0 radical (unpaired) electrons. The van der Waals surface area contributed by atoms with Gasteiger partial charge in [0.2, 0.25) is 5.91 Å². The lowest BCUT2D eigenvalue weighted by molar-refractivity contribution is -0.115. The fourth-order valence-electron chi connectivity index (χ4n) is 2.18. The van der Waals surface area contributed by atoms with Gasteiger partial charge in [-0.05, 0) is 55.8 Å². The van der Waals surface area contributed by atoms with Crippen molar-refractivity contribution in [1.82, 2.24) is 10.2 Å². The zero-order chi connectivity index (χ0) is 19.2. The summed E-state index contributed by atoms with van der Waals surface area (Å²) in [6.07, 6.45) is 0. The molecular weight excluding hydrogens is 386 g/mol. The standard InChI is InChI=1S/C19H18ClN3O3S/c1-12-4-3-5-16(10-12)25-11-17-22-23-19(26-17)27-13(2)18(24)21-15-8-6-14(20)7-9-15/h3-10,13H,11H2,1-2H3,(H,21,24)/t13-/m1/s1. The third-order valence-electron chi connectivity index (χ3n) is 3.56. The molecule has 0 aliphatic heterocycles. The molecule has 140 valence electrons. The van der Waals surface area contributed by atoms with Crippen LogP contribution in [0.4, 0.5) is 5.69 Å². The topological polar surface area (TPSA) is 77.2 Å². The number of nitrogens with one attached hydrogen (secondary N) is 1. The number of hydrogen-bond donors (Lipinski definition) is 1. The molecule has 0 bridgehead atoms. The summed E-state index contributed by atoms with van der Waals surface area (Å²) in [6, 6.07) is 14.6. The first kappa shape index (κ1) is 19.3. The van der Waals surface area contributed by atoms with Gasteiger partial charge in [0.15, 0.2) is 6.61 Å². The predicted octanol–water partition coefficient (Wildman–Crippen LogP) is 4.73. The Bertz CT molecular complexity index is 915. The largest absolute Gasteiger partial charge is 0.484 e. The van der Waals surface area contributed by atoms with Crippen molar-refractivity contribution in [2.45, 2.75) is 30.9 Å². The molecule has 0 aliphatic rings. The number of hydrogen-bond acceptors (Lipinski definition) is 6. The molecule has 0 unspecified atom stereocenters. The fourth-order valence-corrected chi connectivity index (χ4v) is 3.00. The second-order valence-corrected chi connectivity index (χ2v) is 7.55. The molecule has 27 heavy (non-hydrogen) atoms. The monoisotopic (exact) mass is 403 g/mol. The van der Waals surface area contributed by atoms with Crippen LogP contribution in [-0.2, 0) is 11.4 Å². The van der Waals surface area contributed by atoms with Gasteiger partial charge in [-0.2, -0.15) is 0 Å². The van der Waals surface area contributed by atoms with Gasteiger partial charge in [0.05, 0.1) is 5.25 Å². The lowest BCUT2D eigenvalue weighted by atomic mass is 10.2. The van der Waals surface area contributed by atoms with Crippen molar-refractivity contribution in [3.8, 4) is 5.75 Å². The molecule has 0 fully saturated rings. The summed E-state index contributed by atoms with van der Waals surface area (Å²) < 4.78 is 11.2. The van der Waals surface area contributed by atoms with Crippen LogP contribution in [-0.4, -0.2) is 21.4 Å². The number of benzene rings is 2. The first-order valence-electron chi connectivity index (χ1n) is 8.24. The van der Waals surface area contributed by atoms with E-state index in [2.05, 4.69) is 15.5 Å². The number of thioether (sulfide) groups is 1. The van der Waals surface area contributed by atoms with Gasteiger partial charge in [-0.25, -0.2) is 0 Å². The highest BCUT2D eigenvalue weighted by Gasteiger charge is 2.18. The van der Waals surface area contributed by atoms with Crippen LogP contribution < -0.4 is 10.1 Å². The maximum absolute atomic E-state index is 12.3. The Balaban J connectivity index is 1.51. The van der Waals surface area contributed by atoms with Crippen LogP contribution >= 0.6 is 23.4 Å².